The van der Waals surface area contributed by atoms with Crippen LogP contribution in [0.1, 0.15) is 36.7 Å². The monoisotopic (exact) mass is 443 g/mol. The van der Waals surface area contributed by atoms with Gasteiger partial charge in [0.15, 0.2) is 0 Å². The molecule has 8 heteroatoms. The molecule has 0 unspecified atom stereocenters. The molecule has 2 amide bonds. The van der Waals surface area contributed by atoms with Crippen molar-refractivity contribution in [1.82, 2.24) is 9.88 Å². The summed E-state index contributed by atoms with van der Waals surface area (Å²) in [5.74, 6) is 0.305. The van der Waals surface area contributed by atoms with Crippen LogP contribution in [0.3, 0.4) is 0 Å². The standard InChI is InChI=1S/C22H22ClN3O3S/c1-29-18-9-8-14(13-15(18)23)24-20(27)10-11-21(28)26-12-4-6-17(26)22-25-16-5-2-3-7-19(16)30-22/h2-3,5,7-9,13,17H,4,6,10-12H2,1H3,(H,24,27)/t17-/m0/s1. The van der Waals surface area contributed by atoms with Gasteiger partial charge in [-0.1, -0.05) is 23.7 Å². The van der Waals surface area contributed by atoms with E-state index < -0.39 is 0 Å². The molecular formula is C22H22ClN3O3S. The molecule has 0 aliphatic carbocycles. The third-order valence-corrected chi connectivity index (χ3v) is 6.60. The number of carbonyl (C=O) groups is 2. The van der Waals surface area contributed by atoms with Crippen LogP contribution in [0.15, 0.2) is 42.5 Å². The minimum atomic E-state index is -0.222. The summed E-state index contributed by atoms with van der Waals surface area (Å²) in [4.78, 5) is 31.7. The van der Waals surface area contributed by atoms with E-state index in [1.807, 2.05) is 29.2 Å². The Balaban J connectivity index is 1.36. The van der Waals surface area contributed by atoms with E-state index >= 15 is 0 Å². The van der Waals surface area contributed by atoms with Gasteiger partial charge in [-0.05, 0) is 43.2 Å². The molecule has 156 valence electrons. The molecule has 2 aromatic carbocycles. The van der Waals surface area contributed by atoms with Gasteiger partial charge in [-0.2, -0.15) is 0 Å². The highest BCUT2D eigenvalue weighted by Gasteiger charge is 2.32. The first-order valence-corrected chi connectivity index (χ1v) is 11.0. The predicted molar refractivity (Wildman–Crippen MR) is 119 cm³/mol. The minimum absolute atomic E-state index is 0.00152. The Bertz CT molecular complexity index is 1050. The fourth-order valence-corrected chi connectivity index (χ4v) is 5.06. The van der Waals surface area contributed by atoms with Crippen molar-refractivity contribution < 1.29 is 14.3 Å². The van der Waals surface area contributed by atoms with E-state index in [9.17, 15) is 9.59 Å². The van der Waals surface area contributed by atoms with Crippen molar-refractivity contribution in [3.8, 4) is 5.75 Å². The number of hydrogen-bond donors (Lipinski definition) is 1. The summed E-state index contributed by atoms with van der Waals surface area (Å²) in [7, 11) is 1.53. The number of carbonyl (C=O) groups excluding carboxylic acids is 2. The average molecular weight is 444 g/mol. The molecule has 1 fully saturated rings. The van der Waals surface area contributed by atoms with Gasteiger partial charge in [-0.15, -0.1) is 11.3 Å². The van der Waals surface area contributed by atoms with Crippen LogP contribution in [0, 0.1) is 0 Å². The third kappa shape index (κ3) is 4.42. The Morgan fingerprint density at radius 3 is 2.87 bits per heavy atom. The Kier molecular flexibility index (Phi) is 6.20. The molecule has 0 saturated carbocycles. The lowest BCUT2D eigenvalue weighted by Crippen LogP contribution is -2.31. The van der Waals surface area contributed by atoms with Gasteiger partial charge in [0, 0.05) is 25.1 Å². The summed E-state index contributed by atoms with van der Waals surface area (Å²) >= 11 is 7.73. The molecule has 1 aromatic heterocycles. The molecule has 1 saturated heterocycles. The summed E-state index contributed by atoms with van der Waals surface area (Å²) in [5.41, 5.74) is 1.54. The summed E-state index contributed by atoms with van der Waals surface area (Å²) in [6, 6.07) is 13.0. The Hall–Kier alpha value is -2.64. The second-order valence-corrected chi connectivity index (χ2v) is 8.63. The molecule has 0 spiro atoms. The van der Waals surface area contributed by atoms with Crippen LogP contribution in [0.4, 0.5) is 5.69 Å². The van der Waals surface area contributed by atoms with E-state index in [-0.39, 0.29) is 30.7 Å². The number of ether oxygens (including phenoxy) is 1. The third-order valence-electron chi connectivity index (χ3n) is 5.17. The molecule has 0 radical (unpaired) electrons. The second kappa shape index (κ2) is 9.02. The van der Waals surface area contributed by atoms with Crippen molar-refractivity contribution in [2.75, 3.05) is 19.0 Å². The number of para-hydroxylation sites is 1. The Morgan fingerprint density at radius 1 is 1.27 bits per heavy atom. The molecule has 30 heavy (non-hydrogen) atoms. The largest absolute Gasteiger partial charge is 0.495 e. The van der Waals surface area contributed by atoms with Crippen LogP contribution in [0.2, 0.25) is 5.02 Å². The van der Waals surface area contributed by atoms with Crippen LogP contribution in [0.25, 0.3) is 10.2 Å². The number of halogens is 1. The first kappa shape index (κ1) is 20.6. The van der Waals surface area contributed by atoms with Crippen LogP contribution < -0.4 is 10.1 Å². The summed E-state index contributed by atoms with van der Waals surface area (Å²) in [6.45, 7) is 0.704. The van der Waals surface area contributed by atoms with Crippen LogP contribution in [0.5, 0.6) is 5.75 Å². The lowest BCUT2D eigenvalue weighted by Gasteiger charge is -2.23. The van der Waals surface area contributed by atoms with Crippen LogP contribution >= 0.6 is 22.9 Å². The van der Waals surface area contributed by atoms with Gasteiger partial charge in [0.1, 0.15) is 10.8 Å². The number of methoxy groups -OCH3 is 1. The molecule has 4 rings (SSSR count). The fourth-order valence-electron chi connectivity index (χ4n) is 3.69. The summed E-state index contributed by atoms with van der Waals surface area (Å²) in [6.07, 6.45) is 2.13. The van der Waals surface area contributed by atoms with Crippen molar-refractivity contribution in [2.45, 2.75) is 31.7 Å². The number of likely N-dealkylation sites (tertiary alicyclic amines) is 1. The molecule has 2 heterocycles. The van der Waals surface area contributed by atoms with Gasteiger partial charge in [-0.3, -0.25) is 9.59 Å². The Labute approximate surface area is 183 Å². The Morgan fingerprint density at radius 2 is 2.10 bits per heavy atom. The SMILES string of the molecule is COc1ccc(NC(=O)CCC(=O)N2CCC[C@H]2c2nc3ccccc3s2)cc1Cl. The molecule has 0 bridgehead atoms. The van der Waals surface area contributed by atoms with Crippen molar-refractivity contribution in [2.24, 2.45) is 0 Å². The molecule has 1 N–H and O–H groups in total. The number of aromatic nitrogens is 1. The highest BCUT2D eigenvalue weighted by Crippen LogP contribution is 2.36. The predicted octanol–water partition coefficient (Wildman–Crippen LogP) is 5.04. The van der Waals surface area contributed by atoms with Gasteiger partial charge < -0.3 is 15.0 Å². The van der Waals surface area contributed by atoms with Crippen molar-refractivity contribution in [1.29, 1.82) is 0 Å². The van der Waals surface area contributed by atoms with Gasteiger partial charge in [-0.25, -0.2) is 4.98 Å². The highest BCUT2D eigenvalue weighted by molar-refractivity contribution is 7.18. The smallest absolute Gasteiger partial charge is 0.224 e. The maximum absolute atomic E-state index is 12.8. The molecule has 3 aromatic rings. The lowest BCUT2D eigenvalue weighted by molar-refractivity contribution is -0.133. The zero-order valence-electron chi connectivity index (χ0n) is 16.6. The van der Waals surface area contributed by atoms with Gasteiger partial charge in [0.25, 0.3) is 0 Å². The molecular weight excluding hydrogens is 422 g/mol. The topological polar surface area (TPSA) is 71.5 Å². The first-order chi connectivity index (χ1) is 14.5. The van der Waals surface area contributed by atoms with E-state index in [0.717, 1.165) is 28.1 Å². The van der Waals surface area contributed by atoms with E-state index in [1.54, 1.807) is 29.5 Å². The van der Waals surface area contributed by atoms with Crippen LogP contribution in [-0.2, 0) is 9.59 Å². The summed E-state index contributed by atoms with van der Waals surface area (Å²) in [5, 5.41) is 4.17. The van der Waals surface area contributed by atoms with E-state index in [1.165, 1.54) is 7.11 Å². The normalized spacial score (nSPS) is 16.1. The second-order valence-electron chi connectivity index (χ2n) is 7.16. The maximum atomic E-state index is 12.8. The lowest BCUT2D eigenvalue weighted by atomic mass is 10.2. The zero-order valence-corrected chi connectivity index (χ0v) is 18.1. The number of fused-ring (bicyclic) bond motifs is 1. The van der Waals surface area contributed by atoms with Gasteiger partial charge in [0.05, 0.1) is 28.4 Å². The number of benzene rings is 2. The number of anilines is 1. The first-order valence-electron chi connectivity index (χ1n) is 9.83. The number of nitrogens with zero attached hydrogens (tertiary/aromatic N) is 2. The molecule has 1 aliphatic heterocycles. The van der Waals surface area contributed by atoms with Crippen molar-refractivity contribution in [3.63, 3.8) is 0 Å². The number of rotatable bonds is 6. The maximum Gasteiger partial charge on any atom is 0.224 e. The van der Waals surface area contributed by atoms with Gasteiger partial charge in [0.2, 0.25) is 11.8 Å². The van der Waals surface area contributed by atoms with E-state index in [2.05, 4.69) is 5.32 Å². The quantitative estimate of drug-likeness (QED) is 0.579. The fraction of sp³-hybridized carbons (Fsp3) is 0.318. The molecule has 6 nitrogen and oxygen atoms in total. The zero-order chi connectivity index (χ0) is 21.1. The number of hydrogen-bond acceptors (Lipinski definition) is 5. The number of thiazole rings is 1. The summed E-state index contributed by atoms with van der Waals surface area (Å²) < 4.78 is 6.24. The highest BCUT2D eigenvalue weighted by atomic mass is 35.5. The number of nitrogens with one attached hydrogen (secondary N) is 1. The number of amides is 2. The van der Waals surface area contributed by atoms with E-state index in [4.69, 9.17) is 21.3 Å². The minimum Gasteiger partial charge on any atom is -0.495 e. The molecule has 1 aliphatic rings. The van der Waals surface area contributed by atoms with Gasteiger partial charge >= 0.3 is 0 Å². The van der Waals surface area contributed by atoms with Crippen molar-refractivity contribution in [3.05, 3.63) is 52.5 Å². The van der Waals surface area contributed by atoms with E-state index in [0.29, 0.717) is 23.0 Å². The van der Waals surface area contributed by atoms with Crippen molar-refractivity contribution >= 4 is 50.7 Å². The molecule has 1 atom stereocenters. The average Bonchev–Trinajstić information content (AvgIpc) is 3.39. The van der Waals surface area contributed by atoms with Crippen LogP contribution in [-0.4, -0.2) is 35.4 Å².